The van der Waals surface area contributed by atoms with Gasteiger partial charge < -0.3 is 15.2 Å². The third kappa shape index (κ3) is 1.75. The number of ether oxygens (including phenoxy) is 1. The summed E-state index contributed by atoms with van der Waals surface area (Å²) >= 11 is 0. The summed E-state index contributed by atoms with van der Waals surface area (Å²) in [4.78, 5) is 10.8. The van der Waals surface area contributed by atoms with Gasteiger partial charge >= 0.3 is 5.97 Å². The molecule has 1 atom stereocenters. The lowest BCUT2D eigenvalue weighted by molar-refractivity contribution is -0.141. The van der Waals surface area contributed by atoms with Gasteiger partial charge in [0.1, 0.15) is 5.75 Å². The van der Waals surface area contributed by atoms with Gasteiger partial charge in [0.2, 0.25) is 0 Å². The summed E-state index contributed by atoms with van der Waals surface area (Å²) in [5.41, 5.74) is 1.94. The van der Waals surface area contributed by atoms with Crippen LogP contribution in [0.4, 0.5) is 5.69 Å². The third-order valence-electron chi connectivity index (χ3n) is 2.67. The van der Waals surface area contributed by atoms with Gasteiger partial charge in [0, 0.05) is 6.54 Å². The number of hydrogen-bond donors (Lipinski definition) is 2. The number of carbonyl (C=O) groups is 1. The van der Waals surface area contributed by atoms with E-state index >= 15 is 0 Å². The molecular formula is C11H13NO3. The average Bonchev–Trinajstić information content (AvgIpc) is 2.27. The quantitative estimate of drug-likeness (QED) is 0.768. The Bertz CT molecular complexity index is 389. The van der Waals surface area contributed by atoms with Gasteiger partial charge in [0.25, 0.3) is 0 Å². The van der Waals surface area contributed by atoms with Gasteiger partial charge in [-0.05, 0) is 18.1 Å². The summed E-state index contributed by atoms with van der Waals surface area (Å²) in [6, 6.07) is 5.68. The lowest BCUT2D eigenvalue weighted by atomic mass is 9.94. The van der Waals surface area contributed by atoms with Crippen LogP contribution in [0.25, 0.3) is 0 Å². The zero-order valence-electron chi connectivity index (χ0n) is 8.49. The zero-order valence-corrected chi connectivity index (χ0v) is 8.49. The number of fused-ring (bicyclic) bond motifs is 1. The Hall–Kier alpha value is -1.71. The molecule has 4 heteroatoms. The number of benzene rings is 1. The SMILES string of the molecule is COc1cccc2c1NCC(C(=O)O)C2. The van der Waals surface area contributed by atoms with E-state index in [1.165, 1.54) is 0 Å². The minimum Gasteiger partial charge on any atom is -0.495 e. The molecular weight excluding hydrogens is 194 g/mol. The molecule has 1 aliphatic heterocycles. The van der Waals surface area contributed by atoms with Crippen molar-refractivity contribution < 1.29 is 14.6 Å². The first-order valence-electron chi connectivity index (χ1n) is 4.85. The van der Waals surface area contributed by atoms with E-state index in [0.29, 0.717) is 13.0 Å². The molecule has 15 heavy (non-hydrogen) atoms. The fourth-order valence-electron chi connectivity index (χ4n) is 1.85. The first-order valence-corrected chi connectivity index (χ1v) is 4.85. The highest BCUT2D eigenvalue weighted by molar-refractivity contribution is 5.74. The van der Waals surface area contributed by atoms with Crippen LogP contribution in [0.1, 0.15) is 5.56 Å². The van der Waals surface area contributed by atoms with Crippen LogP contribution in [0.5, 0.6) is 5.75 Å². The van der Waals surface area contributed by atoms with E-state index in [-0.39, 0.29) is 5.92 Å². The van der Waals surface area contributed by atoms with Gasteiger partial charge in [-0.3, -0.25) is 4.79 Å². The molecule has 0 saturated heterocycles. The number of rotatable bonds is 2. The molecule has 0 spiro atoms. The maximum atomic E-state index is 10.8. The van der Waals surface area contributed by atoms with Crippen LogP contribution in [0.15, 0.2) is 18.2 Å². The Balaban J connectivity index is 2.31. The van der Waals surface area contributed by atoms with Crippen molar-refractivity contribution in [1.29, 1.82) is 0 Å². The molecule has 4 nitrogen and oxygen atoms in total. The highest BCUT2D eigenvalue weighted by atomic mass is 16.5. The molecule has 0 radical (unpaired) electrons. The van der Waals surface area contributed by atoms with E-state index in [2.05, 4.69) is 5.32 Å². The van der Waals surface area contributed by atoms with Crippen LogP contribution in [0.3, 0.4) is 0 Å². The van der Waals surface area contributed by atoms with Crippen molar-refractivity contribution in [1.82, 2.24) is 0 Å². The maximum Gasteiger partial charge on any atom is 0.308 e. The average molecular weight is 207 g/mol. The third-order valence-corrected chi connectivity index (χ3v) is 2.67. The van der Waals surface area contributed by atoms with Gasteiger partial charge in [-0.15, -0.1) is 0 Å². The monoisotopic (exact) mass is 207 g/mol. The van der Waals surface area contributed by atoms with E-state index in [1.807, 2.05) is 18.2 Å². The lowest BCUT2D eigenvalue weighted by Crippen LogP contribution is -2.29. The summed E-state index contributed by atoms with van der Waals surface area (Å²) in [6.07, 6.45) is 0.564. The first kappa shape index (κ1) is 9.83. The fraction of sp³-hybridized carbons (Fsp3) is 0.364. The largest absolute Gasteiger partial charge is 0.495 e. The van der Waals surface area contributed by atoms with Gasteiger partial charge in [-0.1, -0.05) is 12.1 Å². The van der Waals surface area contributed by atoms with Gasteiger partial charge in [-0.25, -0.2) is 0 Å². The standard InChI is InChI=1S/C11H13NO3/c1-15-9-4-2-3-7-5-8(11(13)14)6-12-10(7)9/h2-4,8,12H,5-6H2,1H3,(H,13,14). The van der Waals surface area contributed by atoms with Crippen LogP contribution in [0.2, 0.25) is 0 Å². The van der Waals surface area contributed by atoms with Gasteiger partial charge in [0.15, 0.2) is 0 Å². The predicted molar refractivity (Wildman–Crippen MR) is 56.3 cm³/mol. The second kappa shape index (κ2) is 3.81. The second-order valence-electron chi connectivity index (χ2n) is 3.61. The number of anilines is 1. The number of carboxylic acids is 1. The molecule has 0 aromatic heterocycles. The van der Waals surface area contributed by atoms with Gasteiger partial charge in [0.05, 0.1) is 18.7 Å². The van der Waals surface area contributed by atoms with Crippen LogP contribution in [0, 0.1) is 5.92 Å². The topological polar surface area (TPSA) is 58.6 Å². The molecule has 1 aromatic rings. The van der Waals surface area contributed by atoms with Crippen molar-refractivity contribution in [3.63, 3.8) is 0 Å². The normalized spacial score (nSPS) is 18.9. The lowest BCUT2D eigenvalue weighted by Gasteiger charge is -2.24. The zero-order chi connectivity index (χ0) is 10.8. The molecule has 2 N–H and O–H groups in total. The first-order chi connectivity index (χ1) is 7.22. The predicted octanol–water partition coefficient (Wildman–Crippen LogP) is 1.36. The Morgan fingerprint density at radius 3 is 3.07 bits per heavy atom. The number of nitrogens with one attached hydrogen (secondary N) is 1. The highest BCUT2D eigenvalue weighted by Crippen LogP contribution is 2.33. The minimum absolute atomic E-state index is 0.343. The van der Waals surface area contributed by atoms with Crippen LogP contribution >= 0.6 is 0 Å². The summed E-state index contributed by atoms with van der Waals surface area (Å²) in [5.74, 6) is -0.322. The Labute approximate surface area is 87.9 Å². The molecule has 0 saturated carbocycles. The summed E-state index contributed by atoms with van der Waals surface area (Å²) < 4.78 is 5.20. The molecule has 0 fully saturated rings. The van der Waals surface area contributed by atoms with E-state index in [9.17, 15) is 4.79 Å². The molecule has 0 aliphatic carbocycles. The number of methoxy groups -OCH3 is 1. The van der Waals surface area contributed by atoms with Gasteiger partial charge in [-0.2, -0.15) is 0 Å². The molecule has 1 aromatic carbocycles. The van der Waals surface area contributed by atoms with E-state index in [0.717, 1.165) is 17.0 Å². The molecule has 80 valence electrons. The van der Waals surface area contributed by atoms with Crippen LogP contribution in [-0.4, -0.2) is 24.7 Å². The smallest absolute Gasteiger partial charge is 0.308 e. The summed E-state index contributed by atoms with van der Waals surface area (Å²) in [5, 5.41) is 12.0. The minimum atomic E-state index is -0.754. The number of carboxylic acid groups (broad SMARTS) is 1. The van der Waals surface area contributed by atoms with Crippen molar-refractivity contribution in [2.24, 2.45) is 5.92 Å². The summed E-state index contributed by atoms with van der Waals surface area (Å²) in [7, 11) is 1.61. The van der Waals surface area contributed by atoms with Crippen molar-refractivity contribution in [3.8, 4) is 5.75 Å². The van der Waals surface area contributed by atoms with E-state index in [4.69, 9.17) is 9.84 Å². The van der Waals surface area contributed by atoms with E-state index < -0.39 is 5.97 Å². The maximum absolute atomic E-state index is 10.8. The number of hydrogen-bond acceptors (Lipinski definition) is 3. The van der Waals surface area contributed by atoms with Crippen molar-refractivity contribution >= 4 is 11.7 Å². The summed E-state index contributed by atoms with van der Waals surface area (Å²) in [6.45, 7) is 0.461. The van der Waals surface area contributed by atoms with Crippen LogP contribution in [-0.2, 0) is 11.2 Å². The molecule has 1 aliphatic rings. The highest BCUT2D eigenvalue weighted by Gasteiger charge is 2.25. The fourth-order valence-corrected chi connectivity index (χ4v) is 1.85. The molecule has 0 amide bonds. The van der Waals surface area contributed by atoms with E-state index in [1.54, 1.807) is 7.11 Å². The van der Waals surface area contributed by atoms with Crippen molar-refractivity contribution in [2.45, 2.75) is 6.42 Å². The van der Waals surface area contributed by atoms with Crippen molar-refractivity contribution in [2.75, 3.05) is 19.0 Å². The Kier molecular flexibility index (Phi) is 2.49. The number of para-hydroxylation sites is 1. The molecule has 1 heterocycles. The molecule has 2 rings (SSSR count). The molecule has 1 unspecified atom stereocenters. The number of aliphatic carboxylic acids is 1. The van der Waals surface area contributed by atoms with Crippen LogP contribution < -0.4 is 10.1 Å². The van der Waals surface area contributed by atoms with Crippen molar-refractivity contribution in [3.05, 3.63) is 23.8 Å². The Morgan fingerprint density at radius 2 is 2.40 bits per heavy atom. The molecule has 0 bridgehead atoms. The second-order valence-corrected chi connectivity index (χ2v) is 3.61. The Morgan fingerprint density at radius 1 is 1.60 bits per heavy atom.